The van der Waals surface area contributed by atoms with Gasteiger partial charge in [0.1, 0.15) is 27.4 Å². The van der Waals surface area contributed by atoms with Crippen LogP contribution in [0.5, 0.6) is 5.75 Å². The molecule has 1 amide bonds. The minimum absolute atomic E-state index is 0.218. The van der Waals surface area contributed by atoms with Gasteiger partial charge in [-0.3, -0.25) is 18.9 Å². The first kappa shape index (κ1) is 28.9. The molecule has 0 N–H and O–H groups in total. The third-order valence-corrected chi connectivity index (χ3v) is 9.15. The van der Waals surface area contributed by atoms with Gasteiger partial charge in [-0.25, -0.2) is 9.37 Å². The van der Waals surface area contributed by atoms with Crippen LogP contribution in [-0.4, -0.2) is 64.3 Å². The number of methoxy groups -OCH3 is 1. The minimum atomic E-state index is -0.269. The lowest BCUT2D eigenvalue weighted by Gasteiger charge is -2.37. The van der Waals surface area contributed by atoms with Crippen LogP contribution < -0.4 is 20.1 Å². The summed E-state index contributed by atoms with van der Waals surface area (Å²) in [5.74, 6) is 0.829. The number of amides is 1. The van der Waals surface area contributed by atoms with Crippen LogP contribution in [0.1, 0.15) is 16.7 Å². The van der Waals surface area contributed by atoms with Gasteiger partial charge in [-0.2, -0.15) is 0 Å². The molecule has 11 heteroatoms. The second-order valence-corrected chi connectivity index (χ2v) is 12.1. The van der Waals surface area contributed by atoms with Crippen molar-refractivity contribution in [3.63, 3.8) is 0 Å². The monoisotopic (exact) mass is 615 g/mol. The Kier molecular flexibility index (Phi) is 8.18. The predicted octanol–water partition coefficient (Wildman–Crippen LogP) is 4.92. The molecule has 0 aliphatic carbocycles. The summed E-state index contributed by atoms with van der Waals surface area (Å²) in [7, 11) is 1.62. The molecule has 2 aliphatic rings. The number of piperazine rings is 1. The van der Waals surface area contributed by atoms with Crippen molar-refractivity contribution >= 4 is 57.4 Å². The molecule has 220 valence electrons. The van der Waals surface area contributed by atoms with E-state index in [2.05, 4.69) is 9.80 Å². The maximum absolute atomic E-state index is 13.9. The van der Waals surface area contributed by atoms with Crippen LogP contribution in [-0.2, 0) is 11.2 Å². The molecular weight excluding hydrogens is 586 g/mol. The van der Waals surface area contributed by atoms with Crippen LogP contribution in [0.3, 0.4) is 0 Å². The summed E-state index contributed by atoms with van der Waals surface area (Å²) in [4.78, 5) is 38.7. The number of carbonyl (C=O) groups excluding carboxylic acids is 1. The predicted molar refractivity (Wildman–Crippen MR) is 174 cm³/mol. The first-order valence-electron chi connectivity index (χ1n) is 14.0. The number of benzene rings is 2. The fraction of sp³-hybridized carbons (Fsp3) is 0.250. The summed E-state index contributed by atoms with van der Waals surface area (Å²) < 4.78 is 20.7. The van der Waals surface area contributed by atoms with Crippen molar-refractivity contribution in [3.8, 4) is 5.75 Å². The molecule has 2 aliphatic heterocycles. The van der Waals surface area contributed by atoms with Gasteiger partial charge < -0.3 is 14.5 Å². The van der Waals surface area contributed by atoms with Gasteiger partial charge in [-0.1, -0.05) is 42.2 Å². The van der Waals surface area contributed by atoms with Gasteiger partial charge in [-0.05, 0) is 73.0 Å². The molecule has 0 saturated carbocycles. The number of ether oxygens (including phenoxy) is 1. The summed E-state index contributed by atoms with van der Waals surface area (Å²) in [5, 5.41) is 0. The third-order valence-electron chi connectivity index (χ3n) is 7.77. The molecule has 2 fully saturated rings. The minimum Gasteiger partial charge on any atom is -0.497 e. The van der Waals surface area contributed by atoms with E-state index in [1.165, 1.54) is 28.3 Å². The molecule has 4 aromatic rings. The number of hydrogen-bond acceptors (Lipinski definition) is 8. The van der Waals surface area contributed by atoms with Crippen LogP contribution in [0.25, 0.3) is 11.7 Å². The molecule has 2 aromatic carbocycles. The van der Waals surface area contributed by atoms with E-state index >= 15 is 0 Å². The number of fused-ring (bicyclic) bond motifs is 1. The molecule has 6 rings (SSSR count). The van der Waals surface area contributed by atoms with E-state index in [9.17, 15) is 14.0 Å². The number of anilines is 2. The van der Waals surface area contributed by atoms with Gasteiger partial charge in [0, 0.05) is 44.6 Å². The van der Waals surface area contributed by atoms with Crippen molar-refractivity contribution < 1.29 is 13.9 Å². The molecule has 0 unspecified atom stereocenters. The summed E-state index contributed by atoms with van der Waals surface area (Å²) in [5.41, 5.74) is 3.58. The second kappa shape index (κ2) is 12.2. The van der Waals surface area contributed by atoms with Crippen LogP contribution in [0.4, 0.5) is 15.9 Å². The molecule has 0 bridgehead atoms. The topological polar surface area (TPSA) is 70.4 Å². The summed E-state index contributed by atoms with van der Waals surface area (Å²) in [6.07, 6.45) is 3.98. The van der Waals surface area contributed by atoms with Crippen molar-refractivity contribution in [1.29, 1.82) is 0 Å². The Bertz CT molecular complexity index is 1780. The van der Waals surface area contributed by atoms with Gasteiger partial charge in [0.15, 0.2) is 0 Å². The fourth-order valence-electron chi connectivity index (χ4n) is 5.35. The van der Waals surface area contributed by atoms with E-state index in [0.29, 0.717) is 65.4 Å². The van der Waals surface area contributed by atoms with Crippen LogP contribution in [0, 0.1) is 12.7 Å². The number of nitrogens with zero attached hydrogens (tertiary/aromatic N) is 5. The van der Waals surface area contributed by atoms with E-state index < -0.39 is 0 Å². The standard InChI is InChI=1S/C32H30FN5O3S2/c1-21-4-3-14-37-28(21)34-29(36-18-16-35(17-19-36)24-9-7-23(33)8-10-24)26(30(37)39)20-27-31(40)38(32(42)43-27)15-13-22-5-11-25(41-2)12-6-22/h3-12,14,20H,13,15-19H2,1-2H3/b27-20+. The second-order valence-electron chi connectivity index (χ2n) is 10.4. The van der Waals surface area contributed by atoms with E-state index in [1.54, 1.807) is 36.4 Å². The highest BCUT2D eigenvalue weighted by Crippen LogP contribution is 2.34. The molecule has 8 nitrogen and oxygen atoms in total. The molecule has 0 spiro atoms. The van der Waals surface area contributed by atoms with Crippen molar-refractivity contribution in [1.82, 2.24) is 14.3 Å². The largest absolute Gasteiger partial charge is 0.497 e. The Morgan fingerprint density at radius 2 is 1.70 bits per heavy atom. The van der Waals surface area contributed by atoms with Gasteiger partial charge >= 0.3 is 0 Å². The first-order valence-corrected chi connectivity index (χ1v) is 15.2. The molecule has 0 radical (unpaired) electrons. The summed E-state index contributed by atoms with van der Waals surface area (Å²) in [6.45, 7) is 4.91. The van der Waals surface area contributed by atoms with E-state index in [4.69, 9.17) is 21.9 Å². The summed E-state index contributed by atoms with van der Waals surface area (Å²) >= 11 is 6.79. The van der Waals surface area contributed by atoms with Gasteiger partial charge in [0.25, 0.3) is 11.5 Å². The molecule has 2 saturated heterocycles. The van der Waals surface area contributed by atoms with E-state index in [0.717, 1.165) is 22.6 Å². The van der Waals surface area contributed by atoms with Crippen LogP contribution >= 0.6 is 24.0 Å². The van der Waals surface area contributed by atoms with Crippen molar-refractivity contribution in [3.05, 3.63) is 105 Å². The molecule has 4 heterocycles. The average Bonchev–Trinajstić information content (AvgIpc) is 3.29. The Morgan fingerprint density at radius 3 is 2.40 bits per heavy atom. The lowest BCUT2D eigenvalue weighted by Crippen LogP contribution is -2.47. The zero-order chi connectivity index (χ0) is 30.1. The van der Waals surface area contributed by atoms with Crippen molar-refractivity contribution in [2.45, 2.75) is 13.3 Å². The summed E-state index contributed by atoms with van der Waals surface area (Å²) in [6, 6.07) is 17.9. The van der Waals surface area contributed by atoms with E-state index in [-0.39, 0.29) is 17.3 Å². The number of thioether (sulfide) groups is 1. The molecule has 2 aromatic heterocycles. The van der Waals surface area contributed by atoms with Gasteiger partial charge in [-0.15, -0.1) is 0 Å². The quantitative estimate of drug-likeness (QED) is 0.214. The number of pyridine rings is 1. The zero-order valence-electron chi connectivity index (χ0n) is 23.8. The van der Waals surface area contributed by atoms with E-state index in [1.807, 2.05) is 43.3 Å². The van der Waals surface area contributed by atoms with Crippen molar-refractivity contribution in [2.75, 3.05) is 49.6 Å². The number of carbonyl (C=O) groups is 1. The smallest absolute Gasteiger partial charge is 0.267 e. The molecule has 0 atom stereocenters. The Balaban J connectivity index is 1.29. The number of aryl methyl sites for hydroxylation is 1. The fourth-order valence-corrected chi connectivity index (χ4v) is 6.64. The Labute approximate surface area is 258 Å². The highest BCUT2D eigenvalue weighted by molar-refractivity contribution is 8.26. The third kappa shape index (κ3) is 5.87. The maximum atomic E-state index is 13.9. The highest BCUT2D eigenvalue weighted by Gasteiger charge is 2.33. The number of thiocarbonyl (C=S) groups is 1. The Morgan fingerprint density at radius 1 is 1.00 bits per heavy atom. The zero-order valence-corrected chi connectivity index (χ0v) is 25.5. The number of hydrogen-bond donors (Lipinski definition) is 0. The number of aromatic nitrogens is 2. The molecular formula is C32H30FN5O3S2. The van der Waals surface area contributed by atoms with Crippen molar-refractivity contribution in [2.24, 2.45) is 0 Å². The number of rotatable bonds is 7. The molecule has 43 heavy (non-hydrogen) atoms. The normalized spacial score (nSPS) is 16.5. The first-order chi connectivity index (χ1) is 20.8. The maximum Gasteiger partial charge on any atom is 0.267 e. The average molecular weight is 616 g/mol. The Hall–Kier alpha value is -4.22. The lowest BCUT2D eigenvalue weighted by atomic mass is 10.1. The van der Waals surface area contributed by atoms with Gasteiger partial charge in [0.2, 0.25) is 0 Å². The van der Waals surface area contributed by atoms with Crippen LogP contribution in [0.15, 0.2) is 76.6 Å². The highest BCUT2D eigenvalue weighted by atomic mass is 32.2. The van der Waals surface area contributed by atoms with Crippen LogP contribution in [0.2, 0.25) is 0 Å². The van der Waals surface area contributed by atoms with Gasteiger partial charge in [0.05, 0.1) is 17.6 Å². The number of halogens is 1. The SMILES string of the molecule is COc1ccc(CCN2C(=O)/C(=C\c3c(N4CCN(c5ccc(F)cc5)CC4)nc4c(C)cccn4c3=O)SC2=S)cc1. The lowest BCUT2D eigenvalue weighted by molar-refractivity contribution is -0.122.